The number of ether oxygens (including phenoxy) is 1. The van der Waals surface area contributed by atoms with Crippen LogP contribution >= 0.6 is 15.9 Å². The lowest BCUT2D eigenvalue weighted by Crippen LogP contribution is -2.35. The van der Waals surface area contributed by atoms with Gasteiger partial charge in [-0.1, -0.05) is 36.4 Å². The Morgan fingerprint density at radius 3 is 2.93 bits per heavy atom. The number of nitrogens with zero attached hydrogens (tertiary/aromatic N) is 1. The van der Waals surface area contributed by atoms with Crippen LogP contribution in [-0.2, 0) is 4.74 Å². The topological polar surface area (TPSA) is 12.5 Å². The molecule has 0 spiro atoms. The first-order valence-electron chi connectivity index (χ1n) is 5.27. The zero-order chi connectivity index (χ0) is 10.6. The molecule has 1 saturated heterocycles. The fourth-order valence-electron chi connectivity index (χ4n) is 1.71. The van der Waals surface area contributed by atoms with Crippen molar-refractivity contribution in [1.29, 1.82) is 0 Å². The molecule has 1 unspecified atom stereocenters. The summed E-state index contributed by atoms with van der Waals surface area (Å²) in [5.41, 5.74) is 0. The normalized spacial score (nSPS) is 25.0. The van der Waals surface area contributed by atoms with E-state index < -0.39 is 0 Å². The van der Waals surface area contributed by atoms with Crippen LogP contribution in [0.25, 0.3) is 0 Å². The summed E-state index contributed by atoms with van der Waals surface area (Å²) in [6, 6.07) is 0. The van der Waals surface area contributed by atoms with E-state index in [2.05, 4.69) is 41.3 Å². The summed E-state index contributed by atoms with van der Waals surface area (Å²) in [4.78, 5) is 2.41. The highest BCUT2D eigenvalue weighted by molar-refractivity contribution is 9.11. The van der Waals surface area contributed by atoms with E-state index in [0.717, 1.165) is 37.1 Å². The lowest BCUT2D eigenvalue weighted by atomic mass is 10.1. The molecule has 14 heavy (non-hydrogen) atoms. The van der Waals surface area contributed by atoms with Gasteiger partial charge in [0.05, 0.1) is 6.10 Å². The van der Waals surface area contributed by atoms with Crippen molar-refractivity contribution in [3.8, 4) is 0 Å². The fourth-order valence-corrected chi connectivity index (χ4v) is 2.07. The van der Waals surface area contributed by atoms with Gasteiger partial charge in [-0.15, -0.1) is 0 Å². The number of halogens is 1. The molecule has 0 aromatic heterocycles. The molecule has 0 aromatic rings. The van der Waals surface area contributed by atoms with Crippen LogP contribution < -0.4 is 0 Å². The molecule has 0 aromatic carbocycles. The lowest BCUT2D eigenvalue weighted by Gasteiger charge is -2.25. The molecule has 0 bridgehead atoms. The highest BCUT2D eigenvalue weighted by atomic mass is 79.9. The van der Waals surface area contributed by atoms with E-state index in [9.17, 15) is 0 Å². The molecule has 1 fully saturated rings. The minimum atomic E-state index is 0.379. The van der Waals surface area contributed by atoms with Crippen LogP contribution in [0.5, 0.6) is 0 Å². The van der Waals surface area contributed by atoms with Crippen LogP contribution in [0.2, 0.25) is 0 Å². The lowest BCUT2D eigenvalue weighted by molar-refractivity contribution is 0.0243. The first-order chi connectivity index (χ1) is 6.59. The Hall–Kier alpha value is 0.140. The molecule has 1 aliphatic heterocycles. The molecule has 0 saturated carbocycles. The van der Waals surface area contributed by atoms with Gasteiger partial charge in [-0.05, 0) is 12.3 Å². The van der Waals surface area contributed by atoms with Gasteiger partial charge in [0.25, 0.3) is 0 Å². The summed E-state index contributed by atoms with van der Waals surface area (Å²) in [5, 5.41) is 0. The van der Waals surface area contributed by atoms with E-state index in [4.69, 9.17) is 4.74 Å². The second-order valence-corrected chi connectivity index (χ2v) is 5.38. The molecule has 0 amide bonds. The average molecular weight is 262 g/mol. The van der Waals surface area contributed by atoms with Crippen molar-refractivity contribution < 1.29 is 4.74 Å². The van der Waals surface area contributed by atoms with Crippen molar-refractivity contribution in [2.24, 2.45) is 5.92 Å². The molecule has 1 heterocycles. The predicted molar refractivity (Wildman–Crippen MR) is 63.7 cm³/mol. The van der Waals surface area contributed by atoms with Gasteiger partial charge in [-0.2, -0.15) is 0 Å². The largest absolute Gasteiger partial charge is 0.377 e. The Morgan fingerprint density at radius 1 is 1.64 bits per heavy atom. The molecule has 1 atom stereocenters. The molecular formula is C11H20BrNO. The van der Waals surface area contributed by atoms with Gasteiger partial charge < -0.3 is 4.74 Å². The van der Waals surface area contributed by atoms with Crippen molar-refractivity contribution in [2.45, 2.75) is 26.4 Å². The Balaban J connectivity index is 2.46. The third kappa shape index (κ3) is 4.11. The zero-order valence-corrected chi connectivity index (χ0v) is 10.7. The third-order valence-corrected chi connectivity index (χ3v) is 2.78. The second kappa shape index (κ2) is 5.89. The zero-order valence-electron chi connectivity index (χ0n) is 9.13. The molecular weight excluding hydrogens is 242 g/mol. The summed E-state index contributed by atoms with van der Waals surface area (Å²) in [7, 11) is 0. The smallest absolute Gasteiger partial charge is 0.0724 e. The standard InChI is InChI=1S/C11H20BrNO/c1-9(2)11-8-13(7-10(3)12)5-4-6-14-11/h9,11H,3-8H2,1-2H3. The minimum Gasteiger partial charge on any atom is -0.377 e. The van der Waals surface area contributed by atoms with Crippen molar-refractivity contribution >= 4 is 15.9 Å². The maximum Gasteiger partial charge on any atom is 0.0724 e. The van der Waals surface area contributed by atoms with Crippen LogP contribution in [0.3, 0.4) is 0 Å². The van der Waals surface area contributed by atoms with Crippen molar-refractivity contribution in [3.05, 3.63) is 11.1 Å². The monoisotopic (exact) mass is 261 g/mol. The summed E-state index contributed by atoms with van der Waals surface area (Å²) < 4.78 is 6.85. The van der Waals surface area contributed by atoms with E-state index in [-0.39, 0.29) is 0 Å². The van der Waals surface area contributed by atoms with E-state index in [1.54, 1.807) is 0 Å². The second-order valence-electron chi connectivity index (χ2n) is 4.26. The van der Waals surface area contributed by atoms with Crippen LogP contribution in [0.1, 0.15) is 20.3 Å². The van der Waals surface area contributed by atoms with E-state index in [0.29, 0.717) is 12.0 Å². The average Bonchev–Trinajstić information content (AvgIpc) is 2.28. The Morgan fingerprint density at radius 2 is 2.36 bits per heavy atom. The molecule has 0 radical (unpaired) electrons. The third-order valence-electron chi connectivity index (χ3n) is 2.53. The van der Waals surface area contributed by atoms with Crippen molar-refractivity contribution in [3.63, 3.8) is 0 Å². The number of hydrogen-bond donors (Lipinski definition) is 0. The van der Waals surface area contributed by atoms with Gasteiger partial charge >= 0.3 is 0 Å². The van der Waals surface area contributed by atoms with Crippen LogP contribution in [-0.4, -0.2) is 37.2 Å². The van der Waals surface area contributed by atoms with Gasteiger partial charge in [0.2, 0.25) is 0 Å². The van der Waals surface area contributed by atoms with E-state index in [1.807, 2.05) is 0 Å². The quantitative estimate of drug-likeness (QED) is 0.775. The SMILES string of the molecule is C=C(Br)CN1CCCOC(C(C)C)C1. The van der Waals surface area contributed by atoms with E-state index >= 15 is 0 Å². The fraction of sp³-hybridized carbons (Fsp3) is 0.818. The Kier molecular flexibility index (Phi) is 5.13. The Labute approximate surface area is 95.4 Å². The van der Waals surface area contributed by atoms with Crippen LogP contribution in [0, 0.1) is 5.92 Å². The first-order valence-corrected chi connectivity index (χ1v) is 6.06. The van der Waals surface area contributed by atoms with Crippen molar-refractivity contribution in [2.75, 3.05) is 26.2 Å². The van der Waals surface area contributed by atoms with E-state index in [1.165, 1.54) is 0 Å². The number of rotatable bonds is 3. The predicted octanol–water partition coefficient (Wildman–Crippen LogP) is 2.64. The highest BCUT2D eigenvalue weighted by Gasteiger charge is 2.21. The van der Waals surface area contributed by atoms with Crippen LogP contribution in [0.4, 0.5) is 0 Å². The number of hydrogen-bond acceptors (Lipinski definition) is 2. The maximum atomic E-state index is 5.79. The molecule has 1 rings (SSSR count). The first kappa shape index (κ1) is 12.2. The molecule has 1 aliphatic rings. The van der Waals surface area contributed by atoms with Crippen LogP contribution in [0.15, 0.2) is 11.1 Å². The summed E-state index contributed by atoms with van der Waals surface area (Å²) in [6.07, 6.45) is 1.51. The summed E-state index contributed by atoms with van der Waals surface area (Å²) in [6.45, 7) is 12.3. The van der Waals surface area contributed by atoms with Gasteiger partial charge in [-0.3, -0.25) is 4.90 Å². The molecule has 82 valence electrons. The highest BCUT2D eigenvalue weighted by Crippen LogP contribution is 2.15. The van der Waals surface area contributed by atoms with Gasteiger partial charge in [0.15, 0.2) is 0 Å². The Bertz CT molecular complexity index is 194. The van der Waals surface area contributed by atoms with Crippen molar-refractivity contribution in [1.82, 2.24) is 4.90 Å². The van der Waals surface area contributed by atoms with Gasteiger partial charge in [-0.25, -0.2) is 0 Å². The van der Waals surface area contributed by atoms with Gasteiger partial charge in [0, 0.05) is 30.7 Å². The molecule has 3 heteroatoms. The summed E-state index contributed by atoms with van der Waals surface area (Å²) in [5.74, 6) is 0.596. The summed E-state index contributed by atoms with van der Waals surface area (Å²) >= 11 is 3.42. The van der Waals surface area contributed by atoms with Gasteiger partial charge in [0.1, 0.15) is 0 Å². The maximum absolute atomic E-state index is 5.79. The minimum absolute atomic E-state index is 0.379. The molecule has 0 N–H and O–H groups in total. The molecule has 2 nitrogen and oxygen atoms in total. The molecule has 0 aliphatic carbocycles.